The molecule has 0 N–H and O–H groups in total. The van der Waals surface area contributed by atoms with Crippen LogP contribution in [0.4, 0.5) is 0 Å². The Labute approximate surface area is 171 Å². The topological polar surface area (TPSA) is 58.4 Å². The molecule has 6 nitrogen and oxygen atoms in total. The summed E-state index contributed by atoms with van der Waals surface area (Å²) in [6.45, 7) is 6.26. The fraction of sp³-hybridized carbons (Fsp3) is 0.522. The summed E-state index contributed by atoms with van der Waals surface area (Å²) in [5.74, 6) is 1.08. The highest BCUT2D eigenvalue weighted by atomic mass is 16.2. The Morgan fingerprint density at radius 1 is 1.10 bits per heavy atom. The Kier molecular flexibility index (Phi) is 4.74. The lowest BCUT2D eigenvalue weighted by atomic mass is 9.79. The van der Waals surface area contributed by atoms with Gasteiger partial charge in [-0.05, 0) is 37.3 Å². The van der Waals surface area contributed by atoms with Crippen molar-refractivity contribution in [2.24, 2.45) is 5.92 Å². The van der Waals surface area contributed by atoms with Crippen molar-refractivity contribution in [2.75, 3.05) is 26.2 Å². The molecular formula is C23H28N4O2. The molecule has 2 saturated heterocycles. The summed E-state index contributed by atoms with van der Waals surface area (Å²) in [6, 6.07) is 8.27. The Balaban J connectivity index is 1.44. The van der Waals surface area contributed by atoms with Crippen LogP contribution in [0.2, 0.25) is 0 Å². The van der Waals surface area contributed by atoms with E-state index in [0.29, 0.717) is 17.9 Å². The molecule has 152 valence electrons. The molecule has 29 heavy (non-hydrogen) atoms. The van der Waals surface area contributed by atoms with Crippen molar-refractivity contribution in [1.82, 2.24) is 19.4 Å². The van der Waals surface area contributed by atoms with Gasteiger partial charge in [-0.15, -0.1) is 0 Å². The number of piperidine rings is 2. The van der Waals surface area contributed by atoms with Crippen LogP contribution < -0.4 is 5.56 Å². The van der Waals surface area contributed by atoms with Gasteiger partial charge in [-0.2, -0.15) is 0 Å². The summed E-state index contributed by atoms with van der Waals surface area (Å²) in [5, 5.41) is 0. The van der Waals surface area contributed by atoms with Crippen LogP contribution in [0.1, 0.15) is 37.8 Å². The molecule has 6 heteroatoms. The molecule has 3 aliphatic heterocycles. The molecule has 0 aromatic carbocycles. The van der Waals surface area contributed by atoms with Gasteiger partial charge in [-0.3, -0.25) is 19.5 Å². The summed E-state index contributed by atoms with van der Waals surface area (Å²) in [7, 11) is 0. The van der Waals surface area contributed by atoms with Crippen LogP contribution in [-0.2, 0) is 11.3 Å². The lowest BCUT2D eigenvalue weighted by Gasteiger charge is -2.48. The molecule has 0 aliphatic carbocycles. The van der Waals surface area contributed by atoms with Crippen LogP contribution in [0.3, 0.4) is 0 Å². The molecule has 2 bridgehead atoms. The van der Waals surface area contributed by atoms with Crippen molar-refractivity contribution in [2.45, 2.75) is 44.7 Å². The minimum absolute atomic E-state index is 0.116. The lowest BCUT2D eigenvalue weighted by Crippen LogP contribution is -2.53. The average Bonchev–Trinajstić information content (AvgIpc) is 2.75. The average molecular weight is 393 g/mol. The first-order valence-corrected chi connectivity index (χ1v) is 10.7. The van der Waals surface area contributed by atoms with Crippen molar-refractivity contribution >= 4 is 5.91 Å². The van der Waals surface area contributed by atoms with Crippen LogP contribution in [0.15, 0.2) is 41.5 Å². The molecule has 0 saturated carbocycles. The number of likely N-dealkylation sites (tertiary alicyclic amines) is 2. The number of hydrogen-bond acceptors (Lipinski definition) is 4. The highest BCUT2D eigenvalue weighted by molar-refractivity contribution is 5.73. The van der Waals surface area contributed by atoms with Gasteiger partial charge in [0, 0.05) is 86.9 Å². The lowest BCUT2D eigenvalue weighted by molar-refractivity contribution is -0.130. The molecule has 5 heterocycles. The van der Waals surface area contributed by atoms with Crippen LogP contribution in [0.25, 0.3) is 11.1 Å². The van der Waals surface area contributed by atoms with Gasteiger partial charge in [0.15, 0.2) is 0 Å². The summed E-state index contributed by atoms with van der Waals surface area (Å²) < 4.78 is 2.02. The molecule has 3 aliphatic rings. The van der Waals surface area contributed by atoms with Gasteiger partial charge in [-0.25, -0.2) is 0 Å². The fourth-order valence-electron chi connectivity index (χ4n) is 5.66. The van der Waals surface area contributed by atoms with E-state index < -0.39 is 0 Å². The third-order valence-corrected chi connectivity index (χ3v) is 7.02. The Morgan fingerprint density at radius 3 is 2.66 bits per heavy atom. The summed E-state index contributed by atoms with van der Waals surface area (Å²) >= 11 is 0. The van der Waals surface area contributed by atoms with Crippen LogP contribution in [0, 0.1) is 5.92 Å². The molecule has 1 amide bonds. The molecule has 2 unspecified atom stereocenters. The number of fused-ring (bicyclic) bond motifs is 4. The maximum atomic E-state index is 12.7. The zero-order valence-electron chi connectivity index (χ0n) is 17.0. The van der Waals surface area contributed by atoms with Crippen LogP contribution in [-0.4, -0.2) is 57.5 Å². The van der Waals surface area contributed by atoms with Gasteiger partial charge in [0.05, 0.1) is 0 Å². The van der Waals surface area contributed by atoms with E-state index in [1.807, 2.05) is 27.8 Å². The first kappa shape index (κ1) is 18.6. The number of hydrogen-bond donors (Lipinski definition) is 0. The number of carbonyl (C=O) groups excluding carboxylic acids is 1. The quantitative estimate of drug-likeness (QED) is 0.787. The number of amides is 1. The van der Waals surface area contributed by atoms with Crippen LogP contribution in [0.5, 0.6) is 0 Å². The minimum Gasteiger partial charge on any atom is -0.343 e. The van der Waals surface area contributed by atoms with Gasteiger partial charge in [-0.1, -0.05) is 6.07 Å². The van der Waals surface area contributed by atoms with Crippen molar-refractivity contribution < 1.29 is 4.79 Å². The summed E-state index contributed by atoms with van der Waals surface area (Å²) in [6.07, 6.45) is 6.94. The predicted molar refractivity (Wildman–Crippen MR) is 112 cm³/mol. The van der Waals surface area contributed by atoms with Crippen molar-refractivity contribution in [1.29, 1.82) is 0 Å². The third kappa shape index (κ3) is 3.39. The van der Waals surface area contributed by atoms with Gasteiger partial charge in [0.25, 0.3) is 5.56 Å². The standard InChI is InChI=1S/C23H28N4O2/c1-16(28)25-9-6-20(7-10-25)26-13-17-11-19(15-26)23-21(18-3-2-8-24-12-18)4-5-22(29)27(23)14-17/h2-5,8,12,17,19-20H,6-7,9-11,13-15H2,1H3. The van der Waals surface area contributed by atoms with E-state index >= 15 is 0 Å². The molecule has 2 aromatic rings. The molecule has 0 radical (unpaired) electrons. The second kappa shape index (κ2) is 7.41. The largest absolute Gasteiger partial charge is 0.343 e. The SMILES string of the molecule is CC(=O)N1CCC(N2CC3CC(C2)c2c(-c4cccnc4)ccc(=O)n2C3)CC1. The molecule has 2 fully saturated rings. The Hall–Kier alpha value is -2.47. The molecule has 0 spiro atoms. The van der Waals surface area contributed by atoms with Gasteiger partial charge in [0.2, 0.25) is 5.91 Å². The van der Waals surface area contributed by atoms with Crippen molar-refractivity contribution in [3.8, 4) is 11.1 Å². The van der Waals surface area contributed by atoms with Crippen LogP contribution >= 0.6 is 0 Å². The fourth-order valence-corrected chi connectivity index (χ4v) is 5.66. The number of carbonyl (C=O) groups is 1. The summed E-state index contributed by atoms with van der Waals surface area (Å²) in [5.41, 5.74) is 3.54. The zero-order valence-corrected chi connectivity index (χ0v) is 17.0. The zero-order chi connectivity index (χ0) is 20.0. The highest BCUT2D eigenvalue weighted by Crippen LogP contribution is 2.40. The maximum absolute atomic E-state index is 12.7. The van der Waals surface area contributed by atoms with Crippen molar-refractivity contribution in [3.63, 3.8) is 0 Å². The monoisotopic (exact) mass is 392 g/mol. The molecule has 2 aromatic heterocycles. The van der Waals surface area contributed by atoms with Crippen molar-refractivity contribution in [3.05, 3.63) is 52.7 Å². The molecular weight excluding hydrogens is 364 g/mol. The van der Waals surface area contributed by atoms with Gasteiger partial charge in [0.1, 0.15) is 0 Å². The first-order valence-electron chi connectivity index (χ1n) is 10.7. The van der Waals surface area contributed by atoms with E-state index in [9.17, 15) is 9.59 Å². The van der Waals surface area contributed by atoms with E-state index in [1.54, 1.807) is 19.2 Å². The Bertz CT molecular complexity index is 963. The highest BCUT2D eigenvalue weighted by Gasteiger charge is 2.39. The number of pyridine rings is 2. The van der Waals surface area contributed by atoms with Gasteiger partial charge >= 0.3 is 0 Å². The first-order chi connectivity index (χ1) is 14.1. The number of rotatable bonds is 2. The second-order valence-electron chi connectivity index (χ2n) is 8.81. The minimum atomic E-state index is 0.116. The normalized spacial score (nSPS) is 24.9. The number of nitrogens with zero attached hydrogens (tertiary/aromatic N) is 4. The van der Waals surface area contributed by atoms with E-state index in [-0.39, 0.29) is 11.5 Å². The molecule has 2 atom stereocenters. The smallest absolute Gasteiger partial charge is 0.250 e. The molecule has 5 rings (SSSR count). The predicted octanol–water partition coefficient (Wildman–Crippen LogP) is 2.34. The maximum Gasteiger partial charge on any atom is 0.250 e. The van der Waals surface area contributed by atoms with E-state index in [0.717, 1.165) is 63.1 Å². The van der Waals surface area contributed by atoms with E-state index in [4.69, 9.17) is 0 Å². The Morgan fingerprint density at radius 2 is 1.93 bits per heavy atom. The number of aromatic nitrogens is 2. The second-order valence-corrected chi connectivity index (χ2v) is 8.81. The summed E-state index contributed by atoms with van der Waals surface area (Å²) in [4.78, 5) is 33.2. The van der Waals surface area contributed by atoms with Gasteiger partial charge < -0.3 is 9.47 Å². The van der Waals surface area contributed by atoms with E-state index in [1.165, 1.54) is 5.69 Å². The third-order valence-electron chi connectivity index (χ3n) is 7.02. The van der Waals surface area contributed by atoms with E-state index in [2.05, 4.69) is 16.0 Å².